The van der Waals surface area contributed by atoms with E-state index in [1.54, 1.807) is 6.07 Å². The first-order valence-corrected chi connectivity index (χ1v) is 8.59. The van der Waals surface area contributed by atoms with Crippen molar-refractivity contribution in [2.75, 3.05) is 0 Å². The Labute approximate surface area is 156 Å². The van der Waals surface area contributed by atoms with Crippen molar-refractivity contribution in [1.82, 2.24) is 10.3 Å². The van der Waals surface area contributed by atoms with Crippen LogP contribution in [-0.4, -0.2) is 22.9 Å². The summed E-state index contributed by atoms with van der Waals surface area (Å²) in [5.74, 6) is -1.03. The van der Waals surface area contributed by atoms with Crippen LogP contribution in [0.5, 0.6) is 0 Å². The number of esters is 1. The molecule has 1 atom stereocenters. The lowest BCUT2D eigenvalue weighted by Crippen LogP contribution is -2.43. The second kappa shape index (κ2) is 8.68. The number of amides is 1. The number of rotatable bonds is 7. The molecule has 0 radical (unpaired) electrons. The molecular weight excluding hydrogens is 342 g/mol. The molecule has 2 aromatic carbocycles. The van der Waals surface area contributed by atoms with E-state index in [0.29, 0.717) is 0 Å². The first-order valence-electron chi connectivity index (χ1n) is 8.59. The van der Waals surface area contributed by atoms with Crippen LogP contribution >= 0.6 is 0 Å². The Morgan fingerprint density at radius 2 is 1.85 bits per heavy atom. The Hall–Kier alpha value is -3.59. The summed E-state index contributed by atoms with van der Waals surface area (Å²) in [7, 11) is 0. The van der Waals surface area contributed by atoms with Crippen molar-refractivity contribution in [3.8, 4) is 6.07 Å². The summed E-state index contributed by atoms with van der Waals surface area (Å²) in [5.41, 5.74) is 2.71. The van der Waals surface area contributed by atoms with Crippen LogP contribution < -0.4 is 5.32 Å². The van der Waals surface area contributed by atoms with Gasteiger partial charge in [-0.3, -0.25) is 4.79 Å². The topological polar surface area (TPSA) is 95.0 Å². The van der Waals surface area contributed by atoms with Crippen molar-refractivity contribution in [2.45, 2.75) is 25.5 Å². The van der Waals surface area contributed by atoms with Gasteiger partial charge >= 0.3 is 5.97 Å². The summed E-state index contributed by atoms with van der Waals surface area (Å²) in [6, 6.07) is 18.0. The second-order valence-corrected chi connectivity index (χ2v) is 6.11. The number of carbonyl (C=O) groups excluding carboxylic acids is 2. The molecule has 0 saturated heterocycles. The number of hydrogen-bond donors (Lipinski definition) is 2. The highest BCUT2D eigenvalue weighted by molar-refractivity contribution is 5.87. The molecule has 136 valence electrons. The third kappa shape index (κ3) is 4.73. The fraction of sp³-hybridized carbons (Fsp3) is 0.190. The van der Waals surface area contributed by atoms with Gasteiger partial charge in [0.2, 0.25) is 5.91 Å². The van der Waals surface area contributed by atoms with Crippen LogP contribution in [0, 0.1) is 11.3 Å². The standard InChI is InChI=1S/C21H19N3O3/c22-11-10-20(25)24-19(21(26)27-14-15-6-2-1-3-7-15)12-16-13-23-18-9-5-4-8-17(16)18/h1-9,13,19,23H,10,12,14H2,(H,24,25)/t19-/m0/s1. The van der Waals surface area contributed by atoms with Gasteiger partial charge < -0.3 is 15.0 Å². The van der Waals surface area contributed by atoms with E-state index in [0.717, 1.165) is 22.0 Å². The number of H-pyrrole nitrogens is 1. The minimum absolute atomic E-state index is 0.123. The van der Waals surface area contributed by atoms with Crippen LogP contribution in [0.1, 0.15) is 17.5 Å². The molecule has 1 heterocycles. The molecule has 1 aromatic heterocycles. The molecule has 27 heavy (non-hydrogen) atoms. The number of nitrogens with one attached hydrogen (secondary N) is 2. The number of carbonyl (C=O) groups is 2. The van der Waals surface area contributed by atoms with Gasteiger partial charge in [-0.1, -0.05) is 48.5 Å². The van der Waals surface area contributed by atoms with Gasteiger partial charge in [-0.25, -0.2) is 4.79 Å². The highest BCUT2D eigenvalue weighted by atomic mass is 16.5. The summed E-state index contributed by atoms with van der Waals surface area (Å²) in [5, 5.41) is 12.3. The van der Waals surface area contributed by atoms with E-state index in [1.165, 1.54) is 0 Å². The lowest BCUT2D eigenvalue weighted by molar-refractivity contribution is -0.149. The van der Waals surface area contributed by atoms with Crippen molar-refractivity contribution < 1.29 is 14.3 Å². The van der Waals surface area contributed by atoms with Gasteiger partial charge in [-0.05, 0) is 17.2 Å². The van der Waals surface area contributed by atoms with E-state index >= 15 is 0 Å². The van der Waals surface area contributed by atoms with Gasteiger partial charge in [-0.15, -0.1) is 0 Å². The van der Waals surface area contributed by atoms with Gasteiger partial charge in [0, 0.05) is 23.5 Å². The minimum atomic E-state index is -0.867. The fourth-order valence-electron chi connectivity index (χ4n) is 2.86. The van der Waals surface area contributed by atoms with Crippen LogP contribution in [0.25, 0.3) is 10.9 Å². The van der Waals surface area contributed by atoms with Crippen molar-refractivity contribution in [3.05, 3.63) is 71.9 Å². The van der Waals surface area contributed by atoms with Gasteiger partial charge in [0.15, 0.2) is 0 Å². The zero-order chi connectivity index (χ0) is 19.1. The lowest BCUT2D eigenvalue weighted by atomic mass is 10.0. The normalized spacial score (nSPS) is 11.5. The second-order valence-electron chi connectivity index (χ2n) is 6.11. The molecule has 6 heteroatoms. The monoisotopic (exact) mass is 361 g/mol. The zero-order valence-electron chi connectivity index (χ0n) is 14.6. The van der Waals surface area contributed by atoms with Crippen LogP contribution in [0.4, 0.5) is 0 Å². The summed E-state index contributed by atoms with van der Waals surface area (Å²) >= 11 is 0. The van der Waals surface area contributed by atoms with E-state index in [9.17, 15) is 9.59 Å². The molecule has 3 rings (SSSR count). The molecule has 3 aromatic rings. The summed E-state index contributed by atoms with van der Waals surface area (Å²) in [6.45, 7) is 0.123. The summed E-state index contributed by atoms with van der Waals surface area (Å²) in [4.78, 5) is 27.6. The number of hydrogen-bond acceptors (Lipinski definition) is 4. The van der Waals surface area contributed by atoms with Crippen molar-refractivity contribution in [1.29, 1.82) is 5.26 Å². The number of nitrogens with zero attached hydrogens (tertiary/aromatic N) is 1. The maximum absolute atomic E-state index is 12.6. The molecule has 0 unspecified atom stereocenters. The van der Waals surface area contributed by atoms with Gasteiger partial charge in [0.25, 0.3) is 0 Å². The molecule has 1 amide bonds. The Balaban J connectivity index is 1.74. The van der Waals surface area contributed by atoms with Crippen LogP contribution in [0.15, 0.2) is 60.8 Å². The number of aromatic amines is 1. The Kier molecular flexibility index (Phi) is 5.85. The lowest BCUT2D eigenvalue weighted by Gasteiger charge is -2.17. The average Bonchev–Trinajstić information content (AvgIpc) is 3.09. The first-order chi connectivity index (χ1) is 13.2. The Morgan fingerprint density at radius 1 is 1.11 bits per heavy atom. The van der Waals surface area contributed by atoms with E-state index in [4.69, 9.17) is 10.00 Å². The number of aromatic nitrogens is 1. The van der Waals surface area contributed by atoms with Crippen molar-refractivity contribution in [2.24, 2.45) is 0 Å². The van der Waals surface area contributed by atoms with E-state index in [1.807, 2.05) is 60.8 Å². The van der Waals surface area contributed by atoms with E-state index < -0.39 is 17.9 Å². The van der Waals surface area contributed by atoms with Crippen molar-refractivity contribution >= 4 is 22.8 Å². The number of para-hydroxylation sites is 1. The molecule has 0 fully saturated rings. The minimum Gasteiger partial charge on any atom is -0.459 e. The van der Waals surface area contributed by atoms with Gasteiger partial charge in [-0.2, -0.15) is 5.26 Å². The highest BCUT2D eigenvalue weighted by Crippen LogP contribution is 2.19. The first kappa shape index (κ1) is 18.2. The molecule has 0 aliphatic heterocycles. The number of nitriles is 1. The van der Waals surface area contributed by atoms with E-state index in [2.05, 4.69) is 10.3 Å². The predicted octanol–water partition coefficient (Wildman–Crippen LogP) is 2.85. The molecular formula is C21H19N3O3. The van der Waals surface area contributed by atoms with Crippen LogP contribution in [0.2, 0.25) is 0 Å². The van der Waals surface area contributed by atoms with Crippen molar-refractivity contribution in [3.63, 3.8) is 0 Å². The summed E-state index contributed by atoms with van der Waals surface area (Å²) in [6.07, 6.45) is 1.78. The fourth-order valence-corrected chi connectivity index (χ4v) is 2.86. The summed E-state index contributed by atoms with van der Waals surface area (Å²) < 4.78 is 5.38. The quantitative estimate of drug-likeness (QED) is 0.633. The Bertz CT molecular complexity index is 973. The van der Waals surface area contributed by atoms with E-state index in [-0.39, 0.29) is 19.4 Å². The molecule has 0 bridgehead atoms. The average molecular weight is 361 g/mol. The van der Waals surface area contributed by atoms with Crippen LogP contribution in [0.3, 0.4) is 0 Å². The third-order valence-corrected chi connectivity index (χ3v) is 4.18. The van der Waals surface area contributed by atoms with Gasteiger partial charge in [0.1, 0.15) is 19.1 Å². The zero-order valence-corrected chi connectivity index (χ0v) is 14.6. The molecule has 2 N–H and O–H groups in total. The number of fused-ring (bicyclic) bond motifs is 1. The maximum Gasteiger partial charge on any atom is 0.329 e. The van der Waals surface area contributed by atoms with Gasteiger partial charge in [0.05, 0.1) is 6.07 Å². The Morgan fingerprint density at radius 3 is 2.63 bits per heavy atom. The number of ether oxygens (including phenoxy) is 1. The molecule has 0 spiro atoms. The highest BCUT2D eigenvalue weighted by Gasteiger charge is 2.24. The van der Waals surface area contributed by atoms with Crippen LogP contribution in [-0.2, 0) is 27.4 Å². The third-order valence-electron chi connectivity index (χ3n) is 4.18. The number of benzene rings is 2. The molecule has 0 saturated carbocycles. The molecule has 0 aliphatic carbocycles. The maximum atomic E-state index is 12.6. The largest absolute Gasteiger partial charge is 0.459 e. The smallest absolute Gasteiger partial charge is 0.329 e. The predicted molar refractivity (Wildman–Crippen MR) is 100 cm³/mol. The SMILES string of the molecule is N#CCC(=O)N[C@@H](Cc1c[nH]c2ccccc12)C(=O)OCc1ccccc1. The molecule has 6 nitrogen and oxygen atoms in total. The molecule has 0 aliphatic rings.